The Hall–Kier alpha value is -3.31. The number of halogens is 2. The van der Waals surface area contributed by atoms with E-state index in [1.54, 1.807) is 12.1 Å². The molecule has 0 aromatic heterocycles. The number of amides is 2. The first-order valence-corrected chi connectivity index (χ1v) is 11.7. The minimum atomic E-state index is -0.505. The Labute approximate surface area is 196 Å². The zero-order valence-corrected chi connectivity index (χ0v) is 18.7. The Kier molecular flexibility index (Phi) is 6.05. The molecule has 0 spiro atoms. The number of nitrogens with one attached hydrogen (secondary N) is 1. The van der Waals surface area contributed by atoms with Gasteiger partial charge in [0.2, 0.25) is 5.91 Å². The summed E-state index contributed by atoms with van der Waals surface area (Å²) in [5.74, 6) is -1.07. The summed E-state index contributed by atoms with van der Waals surface area (Å²) in [7, 11) is 0. The molecule has 1 saturated carbocycles. The van der Waals surface area contributed by atoms with Gasteiger partial charge in [-0.1, -0.05) is 0 Å². The van der Waals surface area contributed by atoms with Crippen LogP contribution in [0.5, 0.6) is 0 Å². The number of hydrogen-bond donors (Lipinski definition) is 1. The molecule has 2 fully saturated rings. The van der Waals surface area contributed by atoms with Gasteiger partial charge in [-0.15, -0.1) is 0 Å². The average molecular weight is 466 g/mol. The van der Waals surface area contributed by atoms with E-state index in [9.17, 15) is 18.4 Å². The fraction of sp³-hybridized carbons (Fsp3) is 0.423. The van der Waals surface area contributed by atoms with Crippen LogP contribution in [0, 0.1) is 34.8 Å². The van der Waals surface area contributed by atoms with Gasteiger partial charge >= 0.3 is 0 Å². The number of carbonyl (C=O) groups excluding carboxylic acids is 2. The van der Waals surface area contributed by atoms with E-state index in [1.165, 1.54) is 23.3 Å². The molecule has 8 heteroatoms. The highest BCUT2D eigenvalue weighted by Gasteiger charge is 2.37. The third-order valence-corrected chi connectivity index (χ3v) is 7.20. The molecule has 3 aliphatic rings. The van der Waals surface area contributed by atoms with Crippen LogP contribution < -0.4 is 5.32 Å². The summed E-state index contributed by atoms with van der Waals surface area (Å²) in [6.45, 7) is 0.599. The zero-order chi connectivity index (χ0) is 23.8. The van der Waals surface area contributed by atoms with Gasteiger partial charge in [0.15, 0.2) is 0 Å². The van der Waals surface area contributed by atoms with Gasteiger partial charge < -0.3 is 5.32 Å². The normalized spacial score (nSPS) is 24.0. The molecule has 2 amide bonds. The van der Waals surface area contributed by atoms with Crippen LogP contribution in [-0.4, -0.2) is 23.5 Å². The highest BCUT2D eigenvalue weighted by Crippen LogP contribution is 2.37. The minimum absolute atomic E-state index is 0.107. The van der Waals surface area contributed by atoms with Crippen molar-refractivity contribution < 1.29 is 23.2 Å². The predicted molar refractivity (Wildman–Crippen MR) is 118 cm³/mol. The maximum Gasteiger partial charge on any atom is 0.252 e. The Morgan fingerprint density at radius 3 is 2.68 bits per heavy atom. The number of carbonyl (C=O) groups is 2. The van der Waals surface area contributed by atoms with E-state index in [4.69, 9.17) is 10.1 Å². The first kappa shape index (κ1) is 22.5. The van der Waals surface area contributed by atoms with Gasteiger partial charge in [-0.25, -0.2) is 13.8 Å². The molecule has 0 bridgehead atoms. The van der Waals surface area contributed by atoms with Crippen LogP contribution in [0.3, 0.4) is 0 Å². The second-order valence-corrected chi connectivity index (χ2v) is 9.39. The monoisotopic (exact) mass is 465 g/mol. The lowest BCUT2D eigenvalue weighted by Crippen LogP contribution is -2.36. The number of nitriles is 1. The molecule has 6 nitrogen and oxygen atoms in total. The molecule has 2 aromatic carbocycles. The van der Waals surface area contributed by atoms with Gasteiger partial charge in [-0.05, 0) is 79.5 Å². The summed E-state index contributed by atoms with van der Waals surface area (Å²) in [5.41, 5.74) is 2.45. The molecule has 0 radical (unpaired) electrons. The van der Waals surface area contributed by atoms with Crippen LogP contribution >= 0.6 is 0 Å². The van der Waals surface area contributed by atoms with Crippen LogP contribution in [0.25, 0.3) is 0 Å². The van der Waals surface area contributed by atoms with E-state index in [0.717, 1.165) is 18.4 Å². The van der Waals surface area contributed by atoms with Crippen molar-refractivity contribution in [1.82, 2.24) is 10.4 Å². The molecule has 1 aliphatic carbocycles. The van der Waals surface area contributed by atoms with Crippen molar-refractivity contribution in [2.45, 2.75) is 51.1 Å². The Morgan fingerprint density at radius 1 is 1.12 bits per heavy atom. The van der Waals surface area contributed by atoms with E-state index < -0.39 is 11.9 Å². The first-order chi connectivity index (χ1) is 16.4. The van der Waals surface area contributed by atoms with Crippen LogP contribution in [0.15, 0.2) is 30.3 Å². The van der Waals surface area contributed by atoms with Crippen LogP contribution in [0.1, 0.15) is 70.8 Å². The highest BCUT2D eigenvalue weighted by atomic mass is 19.1. The van der Waals surface area contributed by atoms with E-state index in [1.807, 2.05) is 6.07 Å². The van der Waals surface area contributed by atoms with E-state index in [0.29, 0.717) is 54.9 Å². The molecular formula is C26H25F2N3O3. The van der Waals surface area contributed by atoms with Crippen molar-refractivity contribution >= 4 is 11.8 Å². The lowest BCUT2D eigenvalue weighted by molar-refractivity contribution is -0.183. The summed E-state index contributed by atoms with van der Waals surface area (Å²) in [6.07, 6.45) is 4.23. The van der Waals surface area contributed by atoms with Gasteiger partial charge in [0.05, 0.1) is 24.3 Å². The van der Waals surface area contributed by atoms with E-state index in [-0.39, 0.29) is 35.7 Å². The molecule has 2 aromatic rings. The number of rotatable bonds is 4. The van der Waals surface area contributed by atoms with Gasteiger partial charge in [0.25, 0.3) is 5.91 Å². The number of nitrogens with zero attached hydrogens (tertiary/aromatic N) is 2. The molecule has 1 N–H and O–H groups in total. The van der Waals surface area contributed by atoms with Crippen LogP contribution in [0.2, 0.25) is 0 Å². The fourth-order valence-corrected chi connectivity index (χ4v) is 5.44. The summed E-state index contributed by atoms with van der Waals surface area (Å²) in [5, 5.41) is 13.2. The van der Waals surface area contributed by atoms with Crippen molar-refractivity contribution in [3.8, 4) is 6.07 Å². The molecule has 5 rings (SSSR count). The van der Waals surface area contributed by atoms with Crippen molar-refractivity contribution in [1.29, 1.82) is 5.26 Å². The molecule has 1 atom stereocenters. The number of hydroxylamine groups is 2. The lowest BCUT2D eigenvalue weighted by Gasteiger charge is -2.32. The summed E-state index contributed by atoms with van der Waals surface area (Å²) < 4.78 is 28.3. The zero-order valence-electron chi connectivity index (χ0n) is 18.7. The third-order valence-electron chi connectivity index (χ3n) is 7.20. The van der Waals surface area contributed by atoms with Crippen LogP contribution in [0.4, 0.5) is 8.78 Å². The summed E-state index contributed by atoms with van der Waals surface area (Å²) in [4.78, 5) is 30.8. The SMILES string of the molecule is N#Cc1cc(F)cc([C@@H]2CCON2C(=O)C2CCC(Cc3cc(F)c4c(c3)C(=O)NC4)CC2)c1. The van der Waals surface area contributed by atoms with E-state index >= 15 is 0 Å². The third kappa shape index (κ3) is 4.28. The van der Waals surface area contributed by atoms with Gasteiger partial charge in [0.1, 0.15) is 11.6 Å². The Morgan fingerprint density at radius 2 is 1.91 bits per heavy atom. The summed E-state index contributed by atoms with van der Waals surface area (Å²) >= 11 is 0. The Balaban J connectivity index is 1.22. The average Bonchev–Trinajstić information content (AvgIpc) is 3.46. The molecule has 1 saturated heterocycles. The maximum absolute atomic E-state index is 14.4. The predicted octanol–water partition coefficient (Wildman–Crippen LogP) is 4.33. The molecule has 2 heterocycles. The molecular weight excluding hydrogens is 440 g/mol. The second-order valence-electron chi connectivity index (χ2n) is 9.39. The Bertz CT molecular complexity index is 1180. The fourth-order valence-electron chi connectivity index (χ4n) is 5.44. The topological polar surface area (TPSA) is 82.4 Å². The van der Waals surface area contributed by atoms with Crippen molar-refractivity contribution in [2.75, 3.05) is 6.61 Å². The molecule has 34 heavy (non-hydrogen) atoms. The molecule has 2 aliphatic heterocycles. The quantitative estimate of drug-likeness (QED) is 0.729. The van der Waals surface area contributed by atoms with Gasteiger partial charge in [0, 0.05) is 30.0 Å². The molecule has 0 unspecified atom stereocenters. The van der Waals surface area contributed by atoms with E-state index in [2.05, 4.69) is 5.32 Å². The van der Waals surface area contributed by atoms with Gasteiger partial charge in [-0.3, -0.25) is 14.4 Å². The molecule has 176 valence electrons. The van der Waals surface area contributed by atoms with Gasteiger partial charge in [-0.2, -0.15) is 5.26 Å². The number of hydrogen-bond acceptors (Lipinski definition) is 4. The minimum Gasteiger partial charge on any atom is -0.348 e. The summed E-state index contributed by atoms with van der Waals surface area (Å²) in [6, 6.07) is 8.99. The second kappa shape index (κ2) is 9.15. The number of benzene rings is 2. The lowest BCUT2D eigenvalue weighted by atomic mass is 9.78. The van der Waals surface area contributed by atoms with Crippen molar-refractivity contribution in [2.24, 2.45) is 11.8 Å². The first-order valence-electron chi connectivity index (χ1n) is 11.7. The largest absolute Gasteiger partial charge is 0.348 e. The maximum atomic E-state index is 14.4. The standard InChI is InChI=1S/C26H25F2N3O3/c27-20-9-17(13-29)8-19(12-20)24-5-6-34-31(24)26(33)18-3-1-15(2-4-18)7-16-10-21-22(23(28)11-16)14-30-25(21)32/h8-12,15,18,24H,1-7,14H2,(H,30,32)/t15?,18?,24-/m0/s1. The smallest absolute Gasteiger partial charge is 0.252 e. The number of fused-ring (bicyclic) bond motifs is 1. The van der Waals surface area contributed by atoms with Crippen molar-refractivity contribution in [3.63, 3.8) is 0 Å². The van der Waals surface area contributed by atoms with Crippen molar-refractivity contribution in [3.05, 3.63) is 69.8 Å². The van der Waals surface area contributed by atoms with Crippen LogP contribution in [-0.2, 0) is 22.6 Å². The highest BCUT2D eigenvalue weighted by molar-refractivity contribution is 5.98.